The second-order valence-electron chi connectivity index (χ2n) is 4.64. The number of carbonyl (C=O) groups excluding carboxylic acids is 1. The number of benzene rings is 1. The Morgan fingerprint density at radius 2 is 2.05 bits per heavy atom. The van der Waals surface area contributed by atoms with Crippen molar-refractivity contribution in [1.29, 1.82) is 0 Å². The summed E-state index contributed by atoms with van der Waals surface area (Å²) in [5.74, 6) is 0.670. The number of hydrogen-bond donors (Lipinski definition) is 1. The maximum atomic E-state index is 11.2. The van der Waals surface area contributed by atoms with E-state index in [1.54, 1.807) is 25.3 Å². The molecule has 108 valence electrons. The van der Waals surface area contributed by atoms with Gasteiger partial charge in [0.25, 0.3) is 0 Å². The second-order valence-corrected chi connectivity index (χ2v) is 4.64. The number of methoxy groups -OCH3 is 1. The first kappa shape index (κ1) is 14.4. The van der Waals surface area contributed by atoms with Crippen molar-refractivity contribution in [1.82, 2.24) is 0 Å². The maximum Gasteiger partial charge on any atom is 0.248 e. The topological polar surface area (TPSA) is 70.8 Å². The smallest absolute Gasteiger partial charge is 0.248 e. The lowest BCUT2D eigenvalue weighted by Crippen LogP contribution is -2.26. The van der Waals surface area contributed by atoms with Crippen molar-refractivity contribution in [3.05, 3.63) is 30.3 Å². The molecule has 5 heteroatoms. The van der Waals surface area contributed by atoms with Crippen LogP contribution >= 0.6 is 0 Å². The summed E-state index contributed by atoms with van der Waals surface area (Å²) in [5.41, 5.74) is 6.14. The summed E-state index contributed by atoms with van der Waals surface area (Å²) < 4.78 is 16.5. The number of hydrogen-bond acceptors (Lipinski definition) is 4. The van der Waals surface area contributed by atoms with E-state index in [0.29, 0.717) is 30.3 Å². The summed E-state index contributed by atoms with van der Waals surface area (Å²) in [6.07, 6.45) is 1.77. The van der Waals surface area contributed by atoms with Gasteiger partial charge in [-0.1, -0.05) is 12.6 Å². The Morgan fingerprint density at radius 3 is 2.65 bits per heavy atom. The summed E-state index contributed by atoms with van der Waals surface area (Å²) in [6, 6.07) is 5.22. The molecule has 1 aromatic carbocycles. The minimum Gasteiger partial charge on any atom is -0.493 e. The predicted molar refractivity (Wildman–Crippen MR) is 75.7 cm³/mol. The third-order valence-electron chi connectivity index (χ3n) is 3.27. The number of amides is 1. The van der Waals surface area contributed by atoms with Crippen molar-refractivity contribution in [3.8, 4) is 11.5 Å². The van der Waals surface area contributed by atoms with Crippen LogP contribution in [0.15, 0.2) is 24.8 Å². The van der Waals surface area contributed by atoms with Crippen molar-refractivity contribution < 1.29 is 19.0 Å². The van der Waals surface area contributed by atoms with Crippen LogP contribution < -0.4 is 15.2 Å². The van der Waals surface area contributed by atoms with Gasteiger partial charge in [0, 0.05) is 18.4 Å². The number of rotatable bonds is 5. The lowest BCUT2D eigenvalue weighted by molar-refractivity contribution is -0.112. The predicted octanol–water partition coefficient (Wildman–Crippen LogP) is 1.75. The fourth-order valence-electron chi connectivity index (χ4n) is 2.07. The van der Waals surface area contributed by atoms with Gasteiger partial charge in [0.1, 0.15) is 6.10 Å². The Labute approximate surface area is 118 Å². The van der Waals surface area contributed by atoms with E-state index >= 15 is 0 Å². The van der Waals surface area contributed by atoms with Crippen LogP contribution in [0.1, 0.15) is 18.4 Å². The van der Waals surface area contributed by atoms with Gasteiger partial charge in [0.2, 0.25) is 5.91 Å². The van der Waals surface area contributed by atoms with Crippen LogP contribution in [-0.4, -0.2) is 32.3 Å². The number of primary amides is 1. The molecule has 5 nitrogen and oxygen atoms in total. The number of nitrogens with two attached hydrogens (primary N) is 1. The standard InChI is InChI=1S/C15H19NO4/c1-10(15(16)17)11-3-4-13(18-2)14(9-11)20-12-5-7-19-8-6-12/h3-4,9,12H,1,5-8H2,2H3,(H2,16,17). The van der Waals surface area contributed by atoms with Gasteiger partial charge in [0.15, 0.2) is 11.5 Å². The van der Waals surface area contributed by atoms with E-state index in [4.69, 9.17) is 19.9 Å². The monoisotopic (exact) mass is 277 g/mol. The van der Waals surface area contributed by atoms with Crippen LogP contribution in [0.25, 0.3) is 5.57 Å². The van der Waals surface area contributed by atoms with Crippen LogP contribution in [-0.2, 0) is 9.53 Å². The highest BCUT2D eigenvalue weighted by Gasteiger charge is 2.18. The zero-order chi connectivity index (χ0) is 14.5. The Balaban J connectivity index is 2.21. The molecule has 0 aliphatic carbocycles. The van der Waals surface area contributed by atoms with Crippen molar-refractivity contribution in [2.24, 2.45) is 5.73 Å². The van der Waals surface area contributed by atoms with E-state index in [9.17, 15) is 4.79 Å². The Kier molecular flexibility index (Phi) is 4.63. The van der Waals surface area contributed by atoms with Crippen LogP contribution in [0.5, 0.6) is 11.5 Å². The molecular formula is C15H19NO4. The molecule has 1 fully saturated rings. The van der Waals surface area contributed by atoms with Crippen LogP contribution in [0.2, 0.25) is 0 Å². The van der Waals surface area contributed by atoms with Gasteiger partial charge >= 0.3 is 0 Å². The highest BCUT2D eigenvalue weighted by molar-refractivity contribution is 6.17. The summed E-state index contributed by atoms with van der Waals surface area (Å²) in [4.78, 5) is 11.2. The molecule has 1 saturated heterocycles. The molecule has 0 saturated carbocycles. The molecule has 0 unspecified atom stereocenters. The minimum absolute atomic E-state index is 0.0924. The first-order chi connectivity index (χ1) is 9.61. The SMILES string of the molecule is C=C(C(N)=O)c1ccc(OC)c(OC2CCOCC2)c1. The molecule has 0 spiro atoms. The van der Waals surface area contributed by atoms with Crippen molar-refractivity contribution in [3.63, 3.8) is 0 Å². The minimum atomic E-state index is -0.549. The molecule has 0 radical (unpaired) electrons. The molecule has 1 aliphatic heterocycles. The Morgan fingerprint density at radius 1 is 1.35 bits per heavy atom. The van der Waals surface area contributed by atoms with Crippen LogP contribution in [0.3, 0.4) is 0 Å². The van der Waals surface area contributed by atoms with E-state index in [2.05, 4.69) is 6.58 Å². The van der Waals surface area contributed by atoms with Crippen LogP contribution in [0.4, 0.5) is 0 Å². The lowest BCUT2D eigenvalue weighted by Gasteiger charge is -2.24. The van der Waals surface area contributed by atoms with E-state index < -0.39 is 5.91 Å². The first-order valence-electron chi connectivity index (χ1n) is 6.53. The van der Waals surface area contributed by atoms with Gasteiger partial charge in [-0.05, 0) is 17.7 Å². The first-order valence-corrected chi connectivity index (χ1v) is 6.53. The molecule has 0 bridgehead atoms. The van der Waals surface area contributed by atoms with Gasteiger partial charge in [-0.2, -0.15) is 0 Å². The zero-order valence-corrected chi connectivity index (χ0v) is 11.6. The van der Waals surface area contributed by atoms with Crippen LogP contribution in [0, 0.1) is 0 Å². The second kappa shape index (κ2) is 6.43. The van der Waals surface area contributed by atoms with Gasteiger partial charge in [-0.15, -0.1) is 0 Å². The zero-order valence-electron chi connectivity index (χ0n) is 11.6. The summed E-state index contributed by atoms with van der Waals surface area (Å²) >= 11 is 0. The third-order valence-corrected chi connectivity index (χ3v) is 3.27. The number of ether oxygens (including phenoxy) is 3. The van der Waals surface area contributed by atoms with Crippen molar-refractivity contribution in [2.75, 3.05) is 20.3 Å². The fraction of sp³-hybridized carbons (Fsp3) is 0.400. The average Bonchev–Trinajstić information content (AvgIpc) is 2.47. The molecule has 2 rings (SSSR count). The number of carbonyl (C=O) groups is 1. The third kappa shape index (κ3) is 3.30. The fourth-order valence-corrected chi connectivity index (χ4v) is 2.07. The molecule has 0 atom stereocenters. The highest BCUT2D eigenvalue weighted by atomic mass is 16.5. The van der Waals surface area contributed by atoms with Gasteiger partial charge in [-0.3, -0.25) is 4.79 Å². The quantitative estimate of drug-likeness (QED) is 0.832. The Bertz CT molecular complexity index is 507. The van der Waals surface area contributed by atoms with E-state index in [0.717, 1.165) is 12.8 Å². The molecule has 20 heavy (non-hydrogen) atoms. The van der Waals surface area contributed by atoms with Gasteiger partial charge < -0.3 is 19.9 Å². The molecule has 1 heterocycles. The largest absolute Gasteiger partial charge is 0.493 e. The van der Waals surface area contributed by atoms with Crippen molar-refractivity contribution >= 4 is 11.5 Å². The van der Waals surface area contributed by atoms with Gasteiger partial charge in [-0.25, -0.2) is 0 Å². The average molecular weight is 277 g/mol. The molecule has 1 aromatic rings. The van der Waals surface area contributed by atoms with Crippen molar-refractivity contribution in [2.45, 2.75) is 18.9 Å². The normalized spacial score (nSPS) is 15.7. The summed E-state index contributed by atoms with van der Waals surface area (Å²) in [7, 11) is 1.58. The molecule has 1 amide bonds. The maximum absolute atomic E-state index is 11.2. The van der Waals surface area contributed by atoms with E-state index in [1.807, 2.05) is 0 Å². The Hall–Kier alpha value is -2.01. The van der Waals surface area contributed by atoms with E-state index in [-0.39, 0.29) is 11.7 Å². The highest BCUT2D eigenvalue weighted by Crippen LogP contribution is 2.32. The lowest BCUT2D eigenvalue weighted by atomic mass is 10.1. The van der Waals surface area contributed by atoms with Gasteiger partial charge in [0.05, 0.1) is 20.3 Å². The molecular weight excluding hydrogens is 258 g/mol. The molecule has 1 aliphatic rings. The molecule has 2 N–H and O–H groups in total. The summed E-state index contributed by atoms with van der Waals surface area (Å²) in [6.45, 7) is 5.07. The van der Waals surface area contributed by atoms with E-state index in [1.165, 1.54) is 0 Å². The molecule has 0 aromatic heterocycles. The summed E-state index contributed by atoms with van der Waals surface area (Å²) in [5, 5.41) is 0.